The van der Waals surface area contributed by atoms with E-state index in [4.69, 9.17) is 17.3 Å². The van der Waals surface area contributed by atoms with Crippen molar-refractivity contribution in [2.45, 2.75) is 25.4 Å². The summed E-state index contributed by atoms with van der Waals surface area (Å²) in [6, 6.07) is 5.31. The average molecular weight is 468 g/mol. The fourth-order valence-corrected chi connectivity index (χ4v) is 3.11. The number of aromatic nitrogens is 4. The lowest BCUT2D eigenvalue weighted by atomic mass is 10.1. The van der Waals surface area contributed by atoms with Crippen LogP contribution in [0.25, 0.3) is 11.2 Å². The molecule has 1 atom stereocenters. The molecule has 0 bridgehead atoms. The Morgan fingerprint density at radius 2 is 1.82 bits per heavy atom. The zero-order valence-corrected chi connectivity index (χ0v) is 18.2. The Kier molecular flexibility index (Phi) is 7.33. The number of carbonyl (C=O) groups is 3. The Balaban J connectivity index is 1.66. The summed E-state index contributed by atoms with van der Waals surface area (Å²) in [5.41, 5.74) is 15.6. The highest BCUT2D eigenvalue weighted by molar-refractivity contribution is 5.97. The van der Waals surface area contributed by atoms with Gasteiger partial charge in [0, 0.05) is 24.7 Å². The van der Waals surface area contributed by atoms with E-state index < -0.39 is 23.8 Å². The van der Waals surface area contributed by atoms with Gasteiger partial charge in [0.1, 0.15) is 6.04 Å². The van der Waals surface area contributed by atoms with Gasteiger partial charge in [-0.25, -0.2) is 20.6 Å². The van der Waals surface area contributed by atoms with Gasteiger partial charge >= 0.3 is 5.97 Å². The van der Waals surface area contributed by atoms with Crippen LogP contribution >= 0.6 is 0 Å². The summed E-state index contributed by atoms with van der Waals surface area (Å²) in [6.45, 7) is 0.378. The number of hydrogen-bond donors (Lipinski definition) is 6. The number of hydrazine groups is 1. The molecule has 178 valence electrons. The highest BCUT2D eigenvalue weighted by Gasteiger charge is 2.21. The lowest BCUT2D eigenvalue weighted by Crippen LogP contribution is -2.42. The van der Waals surface area contributed by atoms with Crippen LogP contribution in [0.3, 0.4) is 0 Å². The van der Waals surface area contributed by atoms with E-state index in [2.05, 4.69) is 25.3 Å². The van der Waals surface area contributed by atoms with Gasteiger partial charge in [-0.15, -0.1) is 0 Å². The zero-order valence-electron chi connectivity index (χ0n) is 18.2. The largest absolute Gasteiger partial charge is 0.480 e. The highest BCUT2D eigenvalue weighted by Crippen LogP contribution is 2.19. The Morgan fingerprint density at radius 1 is 1.12 bits per heavy atom. The van der Waals surface area contributed by atoms with E-state index in [1.54, 1.807) is 30.5 Å². The Labute approximate surface area is 193 Å². The SMILES string of the molecule is CN(Cc1cnc2nc(N)nc(N)c2n1)c1ccc(C(=O)N[C@@H](CCC(=O)NN)C(=O)O)cc1. The molecule has 14 nitrogen and oxygen atoms in total. The Hall–Kier alpha value is -4.59. The number of amides is 2. The van der Waals surface area contributed by atoms with Gasteiger partial charge in [0.25, 0.3) is 5.91 Å². The molecule has 0 unspecified atom stereocenters. The first-order valence-electron chi connectivity index (χ1n) is 10.1. The number of rotatable bonds is 9. The van der Waals surface area contributed by atoms with Crippen LogP contribution in [-0.4, -0.2) is 55.9 Å². The number of carboxylic acid groups (broad SMARTS) is 1. The second-order valence-corrected chi connectivity index (χ2v) is 7.37. The van der Waals surface area contributed by atoms with Gasteiger partial charge in [-0.1, -0.05) is 0 Å². The molecular weight excluding hydrogens is 444 g/mol. The number of anilines is 3. The molecule has 2 amide bonds. The van der Waals surface area contributed by atoms with E-state index >= 15 is 0 Å². The number of carbonyl (C=O) groups excluding carboxylic acids is 2. The third kappa shape index (κ3) is 5.80. The average Bonchev–Trinajstić information content (AvgIpc) is 2.81. The molecule has 3 rings (SSSR count). The number of carboxylic acids is 1. The van der Waals surface area contributed by atoms with E-state index in [1.165, 1.54) is 0 Å². The predicted molar refractivity (Wildman–Crippen MR) is 123 cm³/mol. The zero-order chi connectivity index (χ0) is 24.8. The second kappa shape index (κ2) is 10.4. The maximum atomic E-state index is 12.5. The van der Waals surface area contributed by atoms with Crippen LogP contribution in [0.4, 0.5) is 17.5 Å². The minimum atomic E-state index is -1.25. The highest BCUT2D eigenvalue weighted by atomic mass is 16.4. The van der Waals surface area contributed by atoms with E-state index in [9.17, 15) is 19.5 Å². The first-order chi connectivity index (χ1) is 16.2. The monoisotopic (exact) mass is 468 g/mol. The van der Waals surface area contributed by atoms with Crippen molar-refractivity contribution in [2.24, 2.45) is 5.84 Å². The van der Waals surface area contributed by atoms with Crippen LogP contribution in [0.5, 0.6) is 0 Å². The van der Waals surface area contributed by atoms with Crippen LogP contribution in [0.15, 0.2) is 30.5 Å². The number of hydrogen-bond acceptors (Lipinski definition) is 11. The van der Waals surface area contributed by atoms with Crippen molar-refractivity contribution in [3.63, 3.8) is 0 Å². The fourth-order valence-electron chi connectivity index (χ4n) is 3.11. The van der Waals surface area contributed by atoms with E-state index in [1.807, 2.05) is 17.4 Å². The molecule has 3 aromatic rings. The molecule has 9 N–H and O–H groups in total. The second-order valence-electron chi connectivity index (χ2n) is 7.37. The maximum Gasteiger partial charge on any atom is 0.326 e. The molecule has 0 saturated carbocycles. The maximum absolute atomic E-state index is 12.5. The van der Waals surface area contributed by atoms with Crippen molar-refractivity contribution in [1.29, 1.82) is 0 Å². The molecule has 1 aromatic carbocycles. The molecule has 0 saturated heterocycles. The lowest BCUT2D eigenvalue weighted by Gasteiger charge is -2.19. The number of nitrogens with one attached hydrogen (secondary N) is 2. The molecule has 34 heavy (non-hydrogen) atoms. The smallest absolute Gasteiger partial charge is 0.326 e. The number of nitrogen functional groups attached to an aromatic ring is 2. The van der Waals surface area contributed by atoms with Gasteiger partial charge in [-0.2, -0.15) is 9.97 Å². The van der Waals surface area contributed by atoms with Crippen molar-refractivity contribution < 1.29 is 19.5 Å². The first-order valence-corrected chi connectivity index (χ1v) is 10.1. The summed E-state index contributed by atoms with van der Waals surface area (Å²) in [7, 11) is 1.83. The fraction of sp³-hybridized carbons (Fsp3) is 0.250. The van der Waals surface area contributed by atoms with Crippen molar-refractivity contribution >= 4 is 46.4 Å². The molecule has 14 heteroatoms. The quantitative estimate of drug-likeness (QED) is 0.128. The van der Waals surface area contributed by atoms with Crippen molar-refractivity contribution in [2.75, 3.05) is 23.4 Å². The summed E-state index contributed by atoms with van der Waals surface area (Å²) < 4.78 is 0. The molecule has 0 fully saturated rings. The Morgan fingerprint density at radius 3 is 2.47 bits per heavy atom. The molecule has 2 heterocycles. The van der Waals surface area contributed by atoms with Gasteiger partial charge in [-0.05, 0) is 30.7 Å². The summed E-state index contributed by atoms with van der Waals surface area (Å²) in [5, 5.41) is 11.7. The van der Waals surface area contributed by atoms with Gasteiger partial charge in [0.2, 0.25) is 11.9 Å². The number of fused-ring (bicyclic) bond motifs is 1. The number of benzene rings is 1. The van der Waals surface area contributed by atoms with Crippen LogP contribution in [0.2, 0.25) is 0 Å². The summed E-state index contributed by atoms with van der Waals surface area (Å²) in [4.78, 5) is 53.5. The third-order valence-corrected chi connectivity index (χ3v) is 4.90. The molecule has 0 aliphatic carbocycles. The van der Waals surface area contributed by atoms with Crippen molar-refractivity contribution in [3.8, 4) is 0 Å². The number of nitrogens with zero attached hydrogens (tertiary/aromatic N) is 5. The standard InChI is InChI=1S/C20H24N10O4/c1-30(9-11-8-24-17-15(25-11)16(21)27-20(22)28-17)12-4-2-10(3-5-12)18(32)26-13(19(33)34)6-7-14(31)29-23/h2-5,8,13H,6-7,9,23H2,1H3,(H,26,32)(H,29,31)(H,33,34)(H4,21,22,24,27,28)/t13-/m0/s1. The summed E-state index contributed by atoms with van der Waals surface area (Å²) in [6.07, 6.45) is 1.32. The molecule has 0 radical (unpaired) electrons. The normalized spacial score (nSPS) is 11.6. The first kappa shape index (κ1) is 24.1. The van der Waals surface area contributed by atoms with E-state index in [0.29, 0.717) is 23.4 Å². The van der Waals surface area contributed by atoms with Crippen molar-refractivity contribution in [1.82, 2.24) is 30.7 Å². The molecule has 2 aromatic heterocycles. The molecular formula is C20H24N10O4. The van der Waals surface area contributed by atoms with Crippen LogP contribution < -0.4 is 33.0 Å². The third-order valence-electron chi connectivity index (χ3n) is 4.90. The Bertz CT molecular complexity index is 1220. The summed E-state index contributed by atoms with van der Waals surface area (Å²) in [5.74, 6) is 2.79. The van der Waals surface area contributed by atoms with Gasteiger partial charge in [-0.3, -0.25) is 15.0 Å². The van der Waals surface area contributed by atoms with Gasteiger partial charge in [0.05, 0.1) is 18.4 Å². The minimum absolute atomic E-state index is 0.0176. The van der Waals surface area contributed by atoms with Crippen LogP contribution in [0.1, 0.15) is 28.9 Å². The van der Waals surface area contributed by atoms with Crippen molar-refractivity contribution in [3.05, 3.63) is 41.7 Å². The molecule has 0 aliphatic rings. The number of nitrogens with two attached hydrogens (primary N) is 3. The van der Waals surface area contributed by atoms with Crippen LogP contribution in [0, 0.1) is 0 Å². The van der Waals surface area contributed by atoms with E-state index in [0.717, 1.165) is 5.69 Å². The lowest BCUT2D eigenvalue weighted by molar-refractivity contribution is -0.139. The van der Waals surface area contributed by atoms with E-state index in [-0.39, 0.29) is 30.2 Å². The molecule has 0 spiro atoms. The predicted octanol–water partition coefficient (Wildman–Crippen LogP) is -0.826. The van der Waals surface area contributed by atoms with Crippen LogP contribution in [-0.2, 0) is 16.1 Å². The number of aliphatic carboxylic acids is 1. The van der Waals surface area contributed by atoms with Gasteiger partial charge in [0.15, 0.2) is 17.0 Å². The summed E-state index contributed by atoms with van der Waals surface area (Å²) >= 11 is 0. The molecule has 0 aliphatic heterocycles. The van der Waals surface area contributed by atoms with Gasteiger partial charge < -0.3 is 26.8 Å². The topological polar surface area (TPSA) is 228 Å². The minimum Gasteiger partial charge on any atom is -0.480 e.